The van der Waals surface area contributed by atoms with Crippen LogP contribution in [0.15, 0.2) is 28.8 Å². The van der Waals surface area contributed by atoms with E-state index in [0.717, 1.165) is 34.5 Å². The van der Waals surface area contributed by atoms with Crippen LogP contribution < -0.4 is 5.73 Å². The zero-order chi connectivity index (χ0) is 19.2. The molecule has 0 spiro atoms. The van der Waals surface area contributed by atoms with Crippen molar-refractivity contribution in [2.75, 3.05) is 20.1 Å². The third-order valence-electron chi connectivity index (χ3n) is 5.24. The first kappa shape index (κ1) is 20.7. The lowest BCUT2D eigenvalue weighted by Crippen LogP contribution is -2.64. The molecule has 4 rings (SSSR count). The molecule has 2 aliphatic heterocycles. The Labute approximate surface area is 161 Å². The monoisotopic (exact) mass is 373 g/mol. The minimum absolute atomic E-state index is 0.433. The largest absolute Gasteiger partial charge is 0.329 e. The van der Waals surface area contributed by atoms with Crippen LogP contribution in [0.3, 0.4) is 0 Å². The fourth-order valence-corrected chi connectivity index (χ4v) is 4.49. The zero-order valence-electron chi connectivity index (χ0n) is 16.2. The second-order valence-corrected chi connectivity index (χ2v) is 8.17. The lowest BCUT2D eigenvalue weighted by atomic mass is 9.63. The Balaban J connectivity index is 0.000000206. The van der Waals surface area contributed by atoms with Gasteiger partial charge >= 0.3 is 0 Å². The predicted molar refractivity (Wildman–Crippen MR) is 114 cm³/mol. The van der Waals surface area contributed by atoms with Gasteiger partial charge in [-0.25, -0.2) is 15.0 Å². The molecule has 1 aromatic rings. The summed E-state index contributed by atoms with van der Waals surface area (Å²) in [6, 6.07) is 0. The van der Waals surface area contributed by atoms with Gasteiger partial charge in [0, 0.05) is 18.3 Å². The summed E-state index contributed by atoms with van der Waals surface area (Å²) in [5.74, 6) is 1.62. The number of nitrogens with two attached hydrogens (primary N) is 1. The molecule has 1 aromatic heterocycles. The van der Waals surface area contributed by atoms with E-state index in [1.165, 1.54) is 25.8 Å². The number of allylic oxidation sites excluding steroid dienone is 1. The van der Waals surface area contributed by atoms with E-state index in [4.69, 9.17) is 5.73 Å². The topological polar surface area (TPSA) is 66.9 Å². The lowest BCUT2D eigenvalue weighted by Gasteiger charge is -2.57. The van der Waals surface area contributed by atoms with Crippen LogP contribution in [0.5, 0.6) is 0 Å². The first-order valence-corrected chi connectivity index (χ1v) is 10.0. The molecule has 26 heavy (non-hydrogen) atoms. The third kappa shape index (κ3) is 4.55. The summed E-state index contributed by atoms with van der Waals surface area (Å²) in [7, 11) is 2.21. The highest BCUT2D eigenvalue weighted by atomic mass is 32.1. The molecule has 0 radical (unpaired) electrons. The minimum Gasteiger partial charge on any atom is -0.329 e. The highest BCUT2D eigenvalue weighted by Crippen LogP contribution is 2.47. The summed E-state index contributed by atoms with van der Waals surface area (Å²) in [6.07, 6.45) is 10.5. The number of likely N-dealkylation sites (N-methyl/N-ethyl adjacent to an activating group) is 1. The third-order valence-corrected chi connectivity index (χ3v) is 6.23. The summed E-state index contributed by atoms with van der Waals surface area (Å²) in [4.78, 5) is 15.9. The number of hydrogen-bond acceptors (Lipinski definition) is 5. The van der Waals surface area contributed by atoms with Crippen molar-refractivity contribution in [2.24, 2.45) is 21.6 Å². The van der Waals surface area contributed by atoms with Crippen molar-refractivity contribution in [3.8, 4) is 0 Å². The van der Waals surface area contributed by atoms with Crippen LogP contribution in [-0.2, 0) is 0 Å². The Morgan fingerprint density at radius 1 is 1.50 bits per heavy atom. The molecule has 2 saturated heterocycles. The van der Waals surface area contributed by atoms with Crippen LogP contribution in [-0.4, -0.2) is 48.1 Å². The van der Waals surface area contributed by atoms with Crippen LogP contribution in [0, 0.1) is 12.8 Å². The van der Waals surface area contributed by atoms with Gasteiger partial charge in [0.1, 0.15) is 0 Å². The average molecular weight is 374 g/mol. The minimum atomic E-state index is 0.433. The number of nitrogens with zero attached hydrogens (tertiary/aromatic N) is 4. The molecule has 142 valence electrons. The van der Waals surface area contributed by atoms with Crippen molar-refractivity contribution in [3.63, 3.8) is 0 Å². The van der Waals surface area contributed by atoms with E-state index in [9.17, 15) is 0 Å². The Kier molecular flexibility index (Phi) is 7.43. The second-order valence-electron chi connectivity index (χ2n) is 6.97. The molecule has 6 heteroatoms. The Morgan fingerprint density at radius 3 is 2.73 bits per heavy atom. The van der Waals surface area contributed by atoms with E-state index in [1.807, 2.05) is 13.0 Å². The number of rotatable bonds is 5. The van der Waals surface area contributed by atoms with Gasteiger partial charge in [-0.3, -0.25) is 4.90 Å². The summed E-state index contributed by atoms with van der Waals surface area (Å²) in [6.45, 7) is 13.4. The van der Waals surface area contributed by atoms with Crippen molar-refractivity contribution < 1.29 is 0 Å². The van der Waals surface area contributed by atoms with Crippen LogP contribution in [0.25, 0.3) is 6.08 Å². The first-order chi connectivity index (χ1) is 12.5. The molecule has 2 N–H and O–H groups in total. The van der Waals surface area contributed by atoms with Gasteiger partial charge in [0.2, 0.25) is 0 Å². The van der Waals surface area contributed by atoms with E-state index < -0.39 is 0 Å². The van der Waals surface area contributed by atoms with E-state index >= 15 is 0 Å². The van der Waals surface area contributed by atoms with E-state index in [1.54, 1.807) is 23.6 Å². The van der Waals surface area contributed by atoms with Crippen LogP contribution >= 0.6 is 11.3 Å². The van der Waals surface area contributed by atoms with Gasteiger partial charge in [-0.2, -0.15) is 0 Å². The standard InChI is InChI=1S/C12H15N3S.C8H16N2/c1-5-7-8-14-12(13-4)11-10(6-2)15-9(3)16-11;1-10-3-2-7-4-8(10,5-7)6-9/h6-8H,2,4-5H2,1,3H3;7H,2-6,9H2,1H3/b8-7-,14-12?;. The zero-order valence-corrected chi connectivity index (χ0v) is 17.1. The maximum absolute atomic E-state index is 5.72. The summed E-state index contributed by atoms with van der Waals surface area (Å²) < 4.78 is 0. The van der Waals surface area contributed by atoms with Gasteiger partial charge in [0.15, 0.2) is 5.84 Å². The number of hydrogen-bond donors (Lipinski definition) is 1. The van der Waals surface area contributed by atoms with Crippen molar-refractivity contribution in [1.29, 1.82) is 0 Å². The predicted octanol–water partition coefficient (Wildman–Crippen LogP) is 3.89. The first-order valence-electron chi connectivity index (χ1n) is 9.20. The number of thiazole rings is 1. The molecule has 3 fully saturated rings. The number of aryl methyl sites for hydroxylation is 1. The molecule has 1 aliphatic carbocycles. The lowest BCUT2D eigenvalue weighted by molar-refractivity contribution is -0.0543. The van der Waals surface area contributed by atoms with Gasteiger partial charge in [0.25, 0.3) is 0 Å². The molecule has 0 unspecified atom stereocenters. The highest BCUT2D eigenvalue weighted by Gasteiger charge is 2.49. The molecule has 0 aromatic carbocycles. The summed E-state index contributed by atoms with van der Waals surface area (Å²) in [5.41, 5.74) is 6.98. The molecule has 1 saturated carbocycles. The maximum Gasteiger partial charge on any atom is 0.171 e. The number of amidine groups is 1. The highest BCUT2D eigenvalue weighted by molar-refractivity contribution is 7.14. The van der Waals surface area contributed by atoms with Gasteiger partial charge in [-0.1, -0.05) is 19.6 Å². The van der Waals surface area contributed by atoms with Crippen molar-refractivity contribution in [1.82, 2.24) is 9.88 Å². The smallest absolute Gasteiger partial charge is 0.171 e. The number of aromatic nitrogens is 1. The molecular weight excluding hydrogens is 342 g/mol. The van der Waals surface area contributed by atoms with E-state index in [-0.39, 0.29) is 0 Å². The fraction of sp³-hybridized carbons (Fsp3) is 0.550. The molecule has 3 aliphatic rings. The second kappa shape index (κ2) is 9.35. The van der Waals surface area contributed by atoms with Gasteiger partial charge in [-0.05, 0) is 64.9 Å². The number of piperidine rings is 2. The van der Waals surface area contributed by atoms with Crippen LogP contribution in [0.2, 0.25) is 0 Å². The Morgan fingerprint density at radius 2 is 2.23 bits per heavy atom. The number of aliphatic imine (C=N–C) groups is 2. The van der Waals surface area contributed by atoms with Gasteiger partial charge in [-0.15, -0.1) is 11.3 Å². The van der Waals surface area contributed by atoms with Gasteiger partial charge in [0.05, 0.1) is 15.6 Å². The Bertz CT molecular complexity index is 682. The summed E-state index contributed by atoms with van der Waals surface area (Å²) >= 11 is 1.55. The Hall–Kier alpha value is -1.63. The molecule has 3 heterocycles. The molecular formula is C20H31N5S. The summed E-state index contributed by atoms with van der Waals surface area (Å²) in [5, 5.41) is 0.973. The van der Waals surface area contributed by atoms with E-state index in [2.05, 4.69) is 47.1 Å². The molecule has 0 atom stereocenters. The van der Waals surface area contributed by atoms with Crippen molar-refractivity contribution in [2.45, 2.75) is 45.1 Å². The van der Waals surface area contributed by atoms with Crippen LogP contribution in [0.1, 0.15) is 48.2 Å². The SMILES string of the molecule is C=Cc1nc(C)sc1C(N=C)=N/C=C\CC.CN1CCC2CC1(CN)C2. The average Bonchev–Trinajstić information content (AvgIpc) is 2.99. The van der Waals surface area contributed by atoms with Crippen LogP contribution in [0.4, 0.5) is 0 Å². The van der Waals surface area contributed by atoms with Gasteiger partial charge < -0.3 is 5.73 Å². The molecule has 0 amide bonds. The van der Waals surface area contributed by atoms with E-state index in [0.29, 0.717) is 11.4 Å². The fourth-order valence-electron chi connectivity index (χ4n) is 3.61. The maximum atomic E-state index is 5.72. The number of fused-ring (bicyclic) bond motifs is 2. The molecule has 2 bridgehead atoms. The normalized spacial score (nSPS) is 25.4. The van der Waals surface area contributed by atoms with Crippen molar-refractivity contribution in [3.05, 3.63) is 34.4 Å². The molecule has 5 nitrogen and oxygen atoms in total. The quantitative estimate of drug-likeness (QED) is 0.629. The van der Waals surface area contributed by atoms with Crippen molar-refractivity contribution >= 4 is 30.0 Å².